The molecule has 5 nitrogen and oxygen atoms in total. The number of anilines is 1. The average Bonchev–Trinajstić information content (AvgIpc) is 2.88. The molecule has 0 saturated heterocycles. The summed E-state index contributed by atoms with van der Waals surface area (Å²) >= 11 is 0. The molecular formula is C14H6F9N5. The van der Waals surface area contributed by atoms with E-state index < -0.39 is 58.0 Å². The Balaban J connectivity index is 2.40. The number of pyridine rings is 2. The quantitative estimate of drug-likeness (QED) is 0.597. The number of nitrogen functional groups attached to an aromatic ring is 1. The predicted octanol–water partition coefficient (Wildman–Crippen LogP) is 4.45. The molecule has 3 heterocycles. The van der Waals surface area contributed by atoms with E-state index >= 15 is 0 Å². The highest BCUT2D eigenvalue weighted by atomic mass is 19.4. The van der Waals surface area contributed by atoms with Crippen molar-refractivity contribution in [1.29, 1.82) is 0 Å². The zero-order chi connectivity index (χ0) is 21.1. The molecule has 0 spiro atoms. The SMILES string of the molecule is Nc1c2c(C(F)(F)F)nc(C(F)(F)F)cc2nn1-c1ncccc1C(F)(F)F. The first kappa shape index (κ1) is 19.7. The number of nitrogens with two attached hydrogens (primary N) is 1. The number of hydrogen-bond donors (Lipinski definition) is 1. The molecule has 3 aromatic rings. The van der Waals surface area contributed by atoms with Gasteiger partial charge in [0, 0.05) is 6.20 Å². The van der Waals surface area contributed by atoms with Crippen molar-refractivity contribution in [3.8, 4) is 5.82 Å². The highest BCUT2D eigenvalue weighted by Gasteiger charge is 2.42. The summed E-state index contributed by atoms with van der Waals surface area (Å²) in [6.07, 6.45) is -14.7. The zero-order valence-electron chi connectivity index (χ0n) is 13.1. The van der Waals surface area contributed by atoms with Gasteiger partial charge in [-0.3, -0.25) is 0 Å². The van der Waals surface area contributed by atoms with Gasteiger partial charge in [-0.2, -0.15) is 49.3 Å². The third kappa shape index (κ3) is 3.29. The van der Waals surface area contributed by atoms with Gasteiger partial charge in [-0.15, -0.1) is 0 Å². The van der Waals surface area contributed by atoms with Gasteiger partial charge >= 0.3 is 18.5 Å². The van der Waals surface area contributed by atoms with E-state index in [9.17, 15) is 39.5 Å². The zero-order valence-corrected chi connectivity index (χ0v) is 13.1. The standard InChI is InChI=1S/C14H6F9N5/c15-12(16,17)5-2-1-3-25-11(5)28-10(24)8-6(27-28)4-7(13(18,19)20)26-9(8)14(21,22)23/h1-4H,24H2. The van der Waals surface area contributed by atoms with Gasteiger partial charge in [0.1, 0.15) is 17.1 Å². The van der Waals surface area contributed by atoms with E-state index in [0.717, 1.165) is 12.3 Å². The van der Waals surface area contributed by atoms with Crippen LogP contribution in [0.5, 0.6) is 0 Å². The Labute approximate surface area is 148 Å². The Kier molecular flexibility index (Phi) is 4.20. The molecule has 0 aromatic carbocycles. The van der Waals surface area contributed by atoms with Crippen LogP contribution in [0.4, 0.5) is 45.3 Å². The number of nitrogens with zero attached hydrogens (tertiary/aromatic N) is 4. The minimum absolute atomic E-state index is 0.160. The fraction of sp³-hybridized carbons (Fsp3) is 0.214. The molecule has 0 radical (unpaired) electrons. The van der Waals surface area contributed by atoms with Crippen molar-refractivity contribution in [2.24, 2.45) is 0 Å². The van der Waals surface area contributed by atoms with Crippen LogP contribution in [0.1, 0.15) is 17.0 Å². The van der Waals surface area contributed by atoms with Crippen LogP contribution in [0, 0.1) is 0 Å². The van der Waals surface area contributed by atoms with Gasteiger partial charge < -0.3 is 5.73 Å². The Morgan fingerprint density at radius 3 is 2.07 bits per heavy atom. The molecule has 2 N–H and O–H groups in total. The first-order chi connectivity index (χ1) is 12.7. The molecule has 0 aliphatic heterocycles. The van der Waals surface area contributed by atoms with Crippen molar-refractivity contribution >= 4 is 16.7 Å². The molecule has 0 bridgehead atoms. The van der Waals surface area contributed by atoms with Gasteiger partial charge in [0.05, 0.1) is 10.9 Å². The monoisotopic (exact) mass is 415 g/mol. The van der Waals surface area contributed by atoms with Crippen LogP contribution in [0.3, 0.4) is 0 Å². The lowest BCUT2D eigenvalue weighted by Gasteiger charge is -2.12. The average molecular weight is 415 g/mol. The summed E-state index contributed by atoms with van der Waals surface area (Å²) < 4.78 is 118. The summed E-state index contributed by atoms with van der Waals surface area (Å²) in [5.41, 5.74) is -0.768. The Hall–Kier alpha value is -3.06. The largest absolute Gasteiger partial charge is 0.434 e. The van der Waals surface area contributed by atoms with E-state index in [1.165, 1.54) is 0 Å². The maximum Gasteiger partial charge on any atom is 0.434 e. The maximum absolute atomic E-state index is 13.2. The third-order valence-corrected chi connectivity index (χ3v) is 3.54. The molecule has 3 aromatic heterocycles. The molecule has 0 saturated carbocycles. The smallest absolute Gasteiger partial charge is 0.383 e. The molecule has 0 unspecified atom stereocenters. The van der Waals surface area contributed by atoms with Crippen LogP contribution in [-0.4, -0.2) is 19.7 Å². The molecule has 150 valence electrons. The van der Waals surface area contributed by atoms with Crippen LogP contribution in [-0.2, 0) is 18.5 Å². The second-order valence-electron chi connectivity index (χ2n) is 5.42. The molecule has 28 heavy (non-hydrogen) atoms. The molecular weight excluding hydrogens is 409 g/mol. The molecule has 0 aliphatic carbocycles. The molecule has 0 atom stereocenters. The van der Waals surface area contributed by atoms with E-state index in [1.54, 1.807) is 0 Å². The summed E-state index contributed by atoms with van der Waals surface area (Å²) in [4.78, 5) is 5.97. The number of hydrogen-bond acceptors (Lipinski definition) is 4. The van der Waals surface area contributed by atoms with Gasteiger partial charge in [0.25, 0.3) is 0 Å². The molecule has 0 aliphatic rings. The van der Waals surface area contributed by atoms with Crippen molar-refractivity contribution in [3.05, 3.63) is 41.3 Å². The van der Waals surface area contributed by atoms with Crippen LogP contribution >= 0.6 is 0 Å². The van der Waals surface area contributed by atoms with Crippen LogP contribution < -0.4 is 5.73 Å². The minimum Gasteiger partial charge on any atom is -0.383 e. The first-order valence-corrected chi connectivity index (χ1v) is 7.07. The van der Waals surface area contributed by atoms with Crippen molar-refractivity contribution in [3.63, 3.8) is 0 Å². The fourth-order valence-electron chi connectivity index (χ4n) is 2.43. The van der Waals surface area contributed by atoms with E-state index in [4.69, 9.17) is 5.73 Å². The Bertz CT molecular complexity index is 1050. The van der Waals surface area contributed by atoms with Gasteiger partial charge in [-0.05, 0) is 18.2 Å². The van der Waals surface area contributed by atoms with Crippen LogP contribution in [0.2, 0.25) is 0 Å². The number of fused-ring (bicyclic) bond motifs is 1. The minimum atomic E-state index is -5.38. The van der Waals surface area contributed by atoms with E-state index in [2.05, 4.69) is 15.1 Å². The van der Waals surface area contributed by atoms with Gasteiger partial charge in [0.15, 0.2) is 11.5 Å². The van der Waals surface area contributed by atoms with Gasteiger partial charge in [-0.1, -0.05) is 0 Å². The predicted molar refractivity (Wildman–Crippen MR) is 76.1 cm³/mol. The van der Waals surface area contributed by atoms with Gasteiger partial charge in [-0.25, -0.2) is 9.97 Å². The summed E-state index contributed by atoms with van der Waals surface area (Å²) in [5.74, 6) is -1.99. The molecule has 0 fully saturated rings. The highest BCUT2D eigenvalue weighted by Crippen LogP contribution is 2.41. The first-order valence-electron chi connectivity index (χ1n) is 7.07. The van der Waals surface area contributed by atoms with E-state index in [1.807, 2.05) is 0 Å². The molecule has 14 heteroatoms. The van der Waals surface area contributed by atoms with E-state index in [0.29, 0.717) is 6.07 Å². The number of halogens is 9. The normalized spacial score (nSPS) is 13.3. The summed E-state index contributed by atoms with van der Waals surface area (Å²) in [6, 6.07) is 1.64. The molecule has 0 amide bonds. The van der Waals surface area contributed by atoms with Crippen LogP contribution in [0.15, 0.2) is 24.4 Å². The Morgan fingerprint density at radius 2 is 1.54 bits per heavy atom. The molecule has 3 rings (SSSR count). The number of alkyl halides is 9. The van der Waals surface area contributed by atoms with Crippen LogP contribution in [0.25, 0.3) is 16.7 Å². The second kappa shape index (κ2) is 5.97. The Morgan fingerprint density at radius 1 is 0.893 bits per heavy atom. The summed E-state index contributed by atoms with van der Waals surface area (Å²) in [5, 5.41) is 2.32. The van der Waals surface area contributed by atoms with E-state index in [-0.39, 0.29) is 10.7 Å². The maximum atomic E-state index is 13.2. The third-order valence-electron chi connectivity index (χ3n) is 3.54. The van der Waals surface area contributed by atoms with Crippen molar-refractivity contribution in [1.82, 2.24) is 19.7 Å². The summed E-state index contributed by atoms with van der Waals surface area (Å²) in [7, 11) is 0. The van der Waals surface area contributed by atoms with Gasteiger partial charge in [0.2, 0.25) is 0 Å². The topological polar surface area (TPSA) is 69.6 Å². The number of aromatic nitrogens is 4. The number of rotatable bonds is 1. The van der Waals surface area contributed by atoms with Crippen molar-refractivity contribution in [2.45, 2.75) is 18.5 Å². The summed E-state index contributed by atoms with van der Waals surface area (Å²) in [6.45, 7) is 0. The lowest BCUT2D eigenvalue weighted by Crippen LogP contribution is -2.16. The lowest BCUT2D eigenvalue weighted by atomic mass is 10.2. The van der Waals surface area contributed by atoms with Crippen molar-refractivity contribution in [2.75, 3.05) is 5.73 Å². The highest BCUT2D eigenvalue weighted by molar-refractivity contribution is 5.92. The fourth-order valence-corrected chi connectivity index (χ4v) is 2.43. The second-order valence-corrected chi connectivity index (χ2v) is 5.42. The lowest BCUT2D eigenvalue weighted by molar-refractivity contribution is -0.149. The van der Waals surface area contributed by atoms with Crippen molar-refractivity contribution < 1.29 is 39.5 Å².